The van der Waals surface area contributed by atoms with Crippen LogP contribution in [0.1, 0.15) is 16.7 Å². The Kier molecular flexibility index (Phi) is 4.90. The summed E-state index contributed by atoms with van der Waals surface area (Å²) in [4.78, 5) is 10.6. The molecule has 4 nitrogen and oxygen atoms in total. The van der Waals surface area contributed by atoms with Crippen molar-refractivity contribution < 1.29 is 14.1 Å². The molecule has 0 heterocycles. The van der Waals surface area contributed by atoms with Gasteiger partial charge < -0.3 is 4.74 Å². The number of benzene rings is 2. The van der Waals surface area contributed by atoms with Crippen LogP contribution in [0, 0.1) is 22.9 Å². The number of hydrogen-bond acceptors (Lipinski definition) is 3. The molecule has 0 N–H and O–H groups in total. The van der Waals surface area contributed by atoms with Crippen molar-refractivity contribution in [1.29, 1.82) is 0 Å². The standard InChI is InChI=1S/C15H13BrFNO3/c1-10-6-13(17)4-3-12(10)9-21-15-5-2-11(8-16)7-14(15)18(19)20/h2-7H,8-9H2,1H3. The fraction of sp³-hybridized carbons (Fsp3) is 0.200. The predicted octanol–water partition coefficient (Wildman–Crippen LogP) is 4.52. The smallest absolute Gasteiger partial charge is 0.311 e. The lowest BCUT2D eigenvalue weighted by Crippen LogP contribution is -2.01. The Balaban J connectivity index is 2.21. The maximum absolute atomic E-state index is 13.0. The van der Waals surface area contributed by atoms with Gasteiger partial charge in [0.15, 0.2) is 5.75 Å². The molecule has 0 amide bonds. The quantitative estimate of drug-likeness (QED) is 0.451. The Bertz CT molecular complexity index is 676. The molecule has 0 radical (unpaired) electrons. The second-order valence-electron chi connectivity index (χ2n) is 4.55. The number of ether oxygens (including phenoxy) is 1. The molecule has 0 bridgehead atoms. The van der Waals surface area contributed by atoms with E-state index in [1.165, 1.54) is 18.2 Å². The molecule has 0 aliphatic heterocycles. The number of nitro benzene ring substituents is 1. The van der Waals surface area contributed by atoms with E-state index >= 15 is 0 Å². The van der Waals surface area contributed by atoms with Crippen LogP contribution in [-0.4, -0.2) is 4.92 Å². The molecule has 0 atom stereocenters. The molecule has 21 heavy (non-hydrogen) atoms. The summed E-state index contributed by atoms with van der Waals surface area (Å²) in [5.41, 5.74) is 2.25. The van der Waals surface area contributed by atoms with Gasteiger partial charge in [-0.15, -0.1) is 0 Å². The largest absolute Gasteiger partial charge is 0.482 e. The fourth-order valence-corrected chi connectivity index (χ4v) is 2.24. The highest BCUT2D eigenvalue weighted by molar-refractivity contribution is 9.08. The van der Waals surface area contributed by atoms with E-state index in [4.69, 9.17) is 4.74 Å². The first-order valence-electron chi connectivity index (χ1n) is 6.22. The van der Waals surface area contributed by atoms with Gasteiger partial charge in [-0.05, 0) is 41.8 Å². The van der Waals surface area contributed by atoms with Crippen molar-refractivity contribution in [3.05, 3.63) is 69.0 Å². The van der Waals surface area contributed by atoms with Crippen LogP contribution in [0.25, 0.3) is 0 Å². The first-order valence-corrected chi connectivity index (χ1v) is 7.34. The average Bonchev–Trinajstić information content (AvgIpc) is 2.46. The van der Waals surface area contributed by atoms with Crippen molar-refractivity contribution in [2.75, 3.05) is 0 Å². The van der Waals surface area contributed by atoms with E-state index in [0.717, 1.165) is 16.7 Å². The van der Waals surface area contributed by atoms with E-state index < -0.39 is 4.92 Å². The summed E-state index contributed by atoms with van der Waals surface area (Å²) in [6.07, 6.45) is 0. The zero-order valence-electron chi connectivity index (χ0n) is 11.3. The van der Waals surface area contributed by atoms with Gasteiger partial charge in [0.05, 0.1) is 4.92 Å². The van der Waals surface area contributed by atoms with E-state index in [1.54, 1.807) is 25.1 Å². The van der Waals surface area contributed by atoms with Gasteiger partial charge >= 0.3 is 5.69 Å². The second kappa shape index (κ2) is 6.67. The van der Waals surface area contributed by atoms with Gasteiger partial charge in [0.1, 0.15) is 12.4 Å². The minimum atomic E-state index is -0.473. The van der Waals surface area contributed by atoms with Gasteiger partial charge in [-0.2, -0.15) is 0 Å². The van der Waals surface area contributed by atoms with Gasteiger partial charge in [-0.3, -0.25) is 10.1 Å². The number of nitro groups is 1. The molecule has 2 aromatic carbocycles. The zero-order chi connectivity index (χ0) is 15.4. The lowest BCUT2D eigenvalue weighted by Gasteiger charge is -2.09. The van der Waals surface area contributed by atoms with Crippen LogP contribution >= 0.6 is 15.9 Å². The van der Waals surface area contributed by atoms with Crippen LogP contribution in [0.3, 0.4) is 0 Å². The second-order valence-corrected chi connectivity index (χ2v) is 5.11. The Morgan fingerprint density at radius 2 is 2.05 bits per heavy atom. The van der Waals surface area contributed by atoms with Crippen LogP contribution in [0.5, 0.6) is 5.75 Å². The van der Waals surface area contributed by atoms with Crippen LogP contribution in [-0.2, 0) is 11.9 Å². The fourth-order valence-electron chi connectivity index (χ4n) is 1.89. The molecule has 0 fully saturated rings. The maximum Gasteiger partial charge on any atom is 0.311 e. The number of hydrogen-bond donors (Lipinski definition) is 0. The summed E-state index contributed by atoms with van der Waals surface area (Å²) in [5.74, 6) is -0.114. The topological polar surface area (TPSA) is 52.4 Å². The molecule has 0 saturated heterocycles. The van der Waals surface area contributed by atoms with E-state index in [-0.39, 0.29) is 23.9 Å². The van der Waals surface area contributed by atoms with Gasteiger partial charge in [0.2, 0.25) is 0 Å². The lowest BCUT2D eigenvalue weighted by atomic mass is 10.1. The highest BCUT2D eigenvalue weighted by atomic mass is 79.9. The SMILES string of the molecule is Cc1cc(F)ccc1COc1ccc(CBr)cc1[N+](=O)[O-]. The van der Waals surface area contributed by atoms with Crippen molar-refractivity contribution in [3.8, 4) is 5.75 Å². The highest BCUT2D eigenvalue weighted by Gasteiger charge is 2.16. The molecule has 0 aliphatic rings. The van der Waals surface area contributed by atoms with Gasteiger partial charge in [0.25, 0.3) is 0 Å². The number of aryl methyl sites for hydroxylation is 1. The van der Waals surface area contributed by atoms with Crippen molar-refractivity contribution in [1.82, 2.24) is 0 Å². The minimum absolute atomic E-state index is 0.0771. The normalized spacial score (nSPS) is 10.4. The summed E-state index contributed by atoms with van der Waals surface area (Å²) >= 11 is 3.26. The monoisotopic (exact) mass is 353 g/mol. The molecule has 2 aromatic rings. The summed E-state index contributed by atoms with van der Waals surface area (Å²) < 4.78 is 18.6. The van der Waals surface area contributed by atoms with Crippen molar-refractivity contribution >= 4 is 21.6 Å². The Morgan fingerprint density at radius 3 is 2.67 bits per heavy atom. The number of rotatable bonds is 5. The maximum atomic E-state index is 13.0. The van der Waals surface area contributed by atoms with Gasteiger partial charge in [-0.25, -0.2) is 4.39 Å². The van der Waals surface area contributed by atoms with E-state index in [2.05, 4.69) is 15.9 Å². The molecule has 0 saturated carbocycles. The van der Waals surface area contributed by atoms with E-state index in [1.807, 2.05) is 0 Å². The van der Waals surface area contributed by atoms with E-state index in [0.29, 0.717) is 5.33 Å². The zero-order valence-corrected chi connectivity index (χ0v) is 12.9. The Hall–Kier alpha value is -1.95. The molecule has 0 unspecified atom stereocenters. The molecule has 0 spiro atoms. The molecule has 2 rings (SSSR count). The third-order valence-corrected chi connectivity index (χ3v) is 3.71. The summed E-state index contributed by atoms with van der Waals surface area (Å²) in [7, 11) is 0. The molecular weight excluding hydrogens is 341 g/mol. The minimum Gasteiger partial charge on any atom is -0.482 e. The highest BCUT2D eigenvalue weighted by Crippen LogP contribution is 2.29. The first-order chi connectivity index (χ1) is 10.0. The molecular formula is C15H13BrFNO3. The lowest BCUT2D eigenvalue weighted by molar-refractivity contribution is -0.386. The average molecular weight is 354 g/mol. The third kappa shape index (κ3) is 3.78. The van der Waals surface area contributed by atoms with Crippen LogP contribution in [0.4, 0.5) is 10.1 Å². The van der Waals surface area contributed by atoms with Gasteiger partial charge in [-0.1, -0.05) is 28.1 Å². The van der Waals surface area contributed by atoms with E-state index in [9.17, 15) is 14.5 Å². The Labute approximate surface area is 129 Å². The van der Waals surface area contributed by atoms with Crippen molar-refractivity contribution in [2.45, 2.75) is 18.9 Å². The number of alkyl halides is 1. The summed E-state index contributed by atoms with van der Waals surface area (Å²) in [6.45, 7) is 1.92. The van der Waals surface area contributed by atoms with Crippen LogP contribution in [0.15, 0.2) is 36.4 Å². The summed E-state index contributed by atoms with van der Waals surface area (Å²) in [6, 6.07) is 9.17. The number of halogens is 2. The first kappa shape index (κ1) is 15.4. The van der Waals surface area contributed by atoms with Crippen LogP contribution < -0.4 is 4.74 Å². The number of nitrogens with zero attached hydrogens (tertiary/aromatic N) is 1. The molecule has 0 aliphatic carbocycles. The van der Waals surface area contributed by atoms with Crippen LogP contribution in [0.2, 0.25) is 0 Å². The molecule has 0 aromatic heterocycles. The molecule has 6 heteroatoms. The Morgan fingerprint density at radius 1 is 1.29 bits per heavy atom. The van der Waals surface area contributed by atoms with Crippen molar-refractivity contribution in [3.63, 3.8) is 0 Å². The summed E-state index contributed by atoms with van der Waals surface area (Å²) in [5, 5.41) is 11.6. The third-order valence-electron chi connectivity index (χ3n) is 3.06. The van der Waals surface area contributed by atoms with Gasteiger partial charge in [0, 0.05) is 11.4 Å². The molecule has 110 valence electrons. The van der Waals surface area contributed by atoms with Crippen molar-refractivity contribution in [2.24, 2.45) is 0 Å². The predicted molar refractivity (Wildman–Crippen MR) is 81.2 cm³/mol.